The molecule has 27 heavy (non-hydrogen) atoms. The molecule has 0 spiro atoms. The number of anilines is 2. The van der Waals surface area contributed by atoms with E-state index in [-0.39, 0.29) is 17.9 Å². The minimum absolute atomic E-state index is 0.164. The van der Waals surface area contributed by atoms with Crippen LogP contribution in [-0.2, 0) is 16.1 Å². The molecule has 0 aliphatic rings. The molecule has 0 bridgehead atoms. The second-order valence-electron chi connectivity index (χ2n) is 6.27. The maximum atomic E-state index is 12.7. The number of methoxy groups -OCH3 is 1. The lowest BCUT2D eigenvalue weighted by molar-refractivity contribution is -0.120. The minimum Gasteiger partial charge on any atom is -0.495 e. The number of benzene rings is 2. The summed E-state index contributed by atoms with van der Waals surface area (Å²) in [6, 6.07) is 12.7. The second-order valence-corrected chi connectivity index (χ2v) is 7.12. The van der Waals surface area contributed by atoms with Crippen molar-refractivity contribution in [3.63, 3.8) is 0 Å². The summed E-state index contributed by atoms with van der Waals surface area (Å²) >= 11 is 3.53. The largest absolute Gasteiger partial charge is 0.495 e. The highest BCUT2D eigenvalue weighted by Crippen LogP contribution is 2.28. The van der Waals surface area contributed by atoms with Gasteiger partial charge in [-0.1, -0.05) is 34.1 Å². The molecule has 0 aliphatic carbocycles. The summed E-state index contributed by atoms with van der Waals surface area (Å²) in [5, 5.41) is 5.59. The molecule has 144 valence electrons. The fourth-order valence-electron chi connectivity index (χ4n) is 2.56. The third-order valence-electron chi connectivity index (χ3n) is 4.20. The number of carbonyl (C=O) groups excluding carboxylic acids is 2. The Balaban J connectivity index is 2.10. The van der Waals surface area contributed by atoms with Crippen molar-refractivity contribution in [2.45, 2.75) is 26.4 Å². The third-order valence-corrected chi connectivity index (χ3v) is 4.97. The number of rotatable bonds is 7. The van der Waals surface area contributed by atoms with Gasteiger partial charge in [0.25, 0.3) is 0 Å². The van der Waals surface area contributed by atoms with Crippen LogP contribution < -0.4 is 15.4 Å². The maximum Gasteiger partial charge on any atom is 0.241 e. The monoisotopic (exact) mass is 433 g/mol. The van der Waals surface area contributed by atoms with Crippen LogP contribution in [0.2, 0.25) is 0 Å². The van der Waals surface area contributed by atoms with Crippen molar-refractivity contribution >= 4 is 39.1 Å². The molecule has 6 nitrogen and oxygen atoms in total. The van der Waals surface area contributed by atoms with Gasteiger partial charge in [0.1, 0.15) is 5.75 Å². The van der Waals surface area contributed by atoms with Gasteiger partial charge >= 0.3 is 0 Å². The molecule has 0 saturated carbocycles. The van der Waals surface area contributed by atoms with Crippen LogP contribution in [0.3, 0.4) is 0 Å². The van der Waals surface area contributed by atoms with E-state index < -0.39 is 0 Å². The molecule has 0 saturated heterocycles. The average molecular weight is 434 g/mol. The van der Waals surface area contributed by atoms with Crippen molar-refractivity contribution in [1.29, 1.82) is 0 Å². The van der Waals surface area contributed by atoms with Crippen LogP contribution in [-0.4, -0.2) is 36.9 Å². The molecule has 0 aliphatic heterocycles. The van der Waals surface area contributed by atoms with Gasteiger partial charge in [0, 0.05) is 23.6 Å². The van der Waals surface area contributed by atoms with Crippen molar-refractivity contribution in [1.82, 2.24) is 4.90 Å². The molecule has 2 aromatic rings. The highest BCUT2D eigenvalue weighted by molar-refractivity contribution is 9.10. The van der Waals surface area contributed by atoms with Gasteiger partial charge in [-0.25, -0.2) is 0 Å². The van der Waals surface area contributed by atoms with Gasteiger partial charge in [0.05, 0.1) is 18.8 Å². The first-order valence-electron chi connectivity index (χ1n) is 8.52. The molecule has 0 fully saturated rings. The third kappa shape index (κ3) is 5.80. The first kappa shape index (κ1) is 20.9. The van der Waals surface area contributed by atoms with Crippen molar-refractivity contribution in [3.05, 3.63) is 52.5 Å². The number of carbonyl (C=O) groups is 2. The number of nitrogens with zero attached hydrogens (tertiary/aromatic N) is 1. The van der Waals surface area contributed by atoms with E-state index in [4.69, 9.17) is 4.74 Å². The first-order chi connectivity index (χ1) is 12.8. The predicted octanol–water partition coefficient (Wildman–Crippen LogP) is 3.88. The van der Waals surface area contributed by atoms with E-state index in [1.807, 2.05) is 43.1 Å². The lowest BCUT2D eigenvalue weighted by Crippen LogP contribution is -2.39. The summed E-state index contributed by atoms with van der Waals surface area (Å²) in [7, 11) is 3.43. The summed E-state index contributed by atoms with van der Waals surface area (Å²) in [5.74, 6) is 0.180. The van der Waals surface area contributed by atoms with E-state index in [1.165, 1.54) is 14.0 Å². The van der Waals surface area contributed by atoms with Crippen LogP contribution >= 0.6 is 15.9 Å². The highest BCUT2D eigenvalue weighted by atomic mass is 79.9. The quantitative estimate of drug-likeness (QED) is 0.694. The zero-order valence-electron chi connectivity index (χ0n) is 15.9. The number of hydrogen-bond acceptors (Lipinski definition) is 4. The summed E-state index contributed by atoms with van der Waals surface area (Å²) < 4.78 is 6.32. The van der Waals surface area contributed by atoms with Crippen LogP contribution in [0.4, 0.5) is 11.4 Å². The van der Waals surface area contributed by atoms with Crippen LogP contribution in [0, 0.1) is 0 Å². The van der Waals surface area contributed by atoms with Crippen LogP contribution in [0.15, 0.2) is 46.9 Å². The molecule has 7 heteroatoms. The van der Waals surface area contributed by atoms with E-state index in [0.717, 1.165) is 10.0 Å². The molecule has 2 rings (SSSR count). The molecular weight excluding hydrogens is 410 g/mol. The predicted molar refractivity (Wildman–Crippen MR) is 111 cm³/mol. The van der Waals surface area contributed by atoms with Crippen molar-refractivity contribution in [2.24, 2.45) is 0 Å². The van der Waals surface area contributed by atoms with Gasteiger partial charge in [-0.2, -0.15) is 0 Å². The molecule has 0 aromatic heterocycles. The SMILES string of the molecule is COc1ccc(NC(C)=O)cc1NC(=O)C(C)N(C)Cc1ccccc1Br. The zero-order valence-corrected chi connectivity index (χ0v) is 17.5. The molecule has 1 atom stereocenters. The van der Waals surface area contributed by atoms with Gasteiger partial charge in [-0.15, -0.1) is 0 Å². The van der Waals surface area contributed by atoms with Crippen LogP contribution in [0.1, 0.15) is 19.4 Å². The van der Waals surface area contributed by atoms with E-state index in [2.05, 4.69) is 26.6 Å². The van der Waals surface area contributed by atoms with Gasteiger partial charge in [-0.3, -0.25) is 14.5 Å². The van der Waals surface area contributed by atoms with E-state index in [1.54, 1.807) is 18.2 Å². The number of likely N-dealkylation sites (N-methyl/N-ethyl adjacent to an activating group) is 1. The number of hydrogen-bond donors (Lipinski definition) is 2. The van der Waals surface area contributed by atoms with Gasteiger partial charge in [0.15, 0.2) is 0 Å². The molecule has 1 unspecified atom stereocenters. The summed E-state index contributed by atoms with van der Waals surface area (Å²) in [6.45, 7) is 3.90. The summed E-state index contributed by atoms with van der Waals surface area (Å²) in [4.78, 5) is 25.9. The lowest BCUT2D eigenvalue weighted by Gasteiger charge is -2.25. The Morgan fingerprint density at radius 3 is 2.52 bits per heavy atom. The van der Waals surface area contributed by atoms with Crippen LogP contribution in [0.5, 0.6) is 5.75 Å². The Labute approximate surface area is 168 Å². The van der Waals surface area contributed by atoms with Gasteiger partial charge in [-0.05, 0) is 43.8 Å². The van der Waals surface area contributed by atoms with E-state index in [0.29, 0.717) is 23.7 Å². The maximum absolute atomic E-state index is 12.7. The fraction of sp³-hybridized carbons (Fsp3) is 0.300. The Morgan fingerprint density at radius 2 is 1.89 bits per heavy atom. The Kier molecular flexibility index (Phi) is 7.38. The normalized spacial score (nSPS) is 11.8. The molecule has 0 radical (unpaired) electrons. The number of ether oxygens (including phenoxy) is 1. The molecule has 0 heterocycles. The zero-order chi connectivity index (χ0) is 20.0. The number of amides is 2. The van der Waals surface area contributed by atoms with E-state index in [9.17, 15) is 9.59 Å². The topological polar surface area (TPSA) is 70.7 Å². The van der Waals surface area contributed by atoms with Crippen molar-refractivity contribution < 1.29 is 14.3 Å². The average Bonchev–Trinajstić information content (AvgIpc) is 2.62. The number of halogens is 1. The van der Waals surface area contributed by atoms with Crippen molar-refractivity contribution in [2.75, 3.05) is 24.8 Å². The molecular formula is C20H24BrN3O3. The van der Waals surface area contributed by atoms with Gasteiger partial charge < -0.3 is 15.4 Å². The van der Waals surface area contributed by atoms with E-state index >= 15 is 0 Å². The van der Waals surface area contributed by atoms with Crippen LogP contribution in [0.25, 0.3) is 0 Å². The Morgan fingerprint density at radius 1 is 1.19 bits per heavy atom. The Bertz CT molecular complexity index is 826. The Hall–Kier alpha value is -2.38. The molecule has 2 amide bonds. The standard InChI is InChI=1S/C20H24BrN3O3/c1-13(24(3)12-15-7-5-6-8-17(15)21)20(26)23-18-11-16(22-14(2)25)9-10-19(18)27-4/h5-11,13H,12H2,1-4H3,(H,22,25)(H,23,26). The summed E-state index contributed by atoms with van der Waals surface area (Å²) in [6.07, 6.45) is 0. The van der Waals surface area contributed by atoms with Gasteiger partial charge in [0.2, 0.25) is 11.8 Å². The molecule has 2 aromatic carbocycles. The molecule has 2 N–H and O–H groups in total. The summed E-state index contributed by atoms with van der Waals surface area (Å²) in [5.41, 5.74) is 2.20. The number of nitrogens with one attached hydrogen (secondary N) is 2. The highest BCUT2D eigenvalue weighted by Gasteiger charge is 2.20. The van der Waals surface area contributed by atoms with Crippen molar-refractivity contribution in [3.8, 4) is 5.75 Å². The fourth-order valence-corrected chi connectivity index (χ4v) is 2.97. The second kappa shape index (κ2) is 9.53. The minimum atomic E-state index is -0.369. The smallest absolute Gasteiger partial charge is 0.241 e. The lowest BCUT2D eigenvalue weighted by atomic mass is 10.2. The first-order valence-corrected chi connectivity index (χ1v) is 9.31.